The molecule has 11 heteroatoms. The molecule has 32 heavy (non-hydrogen) atoms. The summed E-state index contributed by atoms with van der Waals surface area (Å²) >= 11 is 12.2. The summed E-state index contributed by atoms with van der Waals surface area (Å²) in [7, 11) is -0.996. The van der Waals surface area contributed by atoms with Crippen LogP contribution < -0.4 is 14.4 Å². The zero-order valence-corrected chi connectivity index (χ0v) is 20.5. The number of sulfonamides is 1. The van der Waals surface area contributed by atoms with E-state index < -0.39 is 34.4 Å². The molecule has 0 aromatic heterocycles. The molecule has 0 saturated heterocycles. The smallest absolute Gasteiger partial charge is 0.244 e. The van der Waals surface area contributed by atoms with Crippen LogP contribution in [-0.4, -0.2) is 58.1 Å². The zero-order valence-electron chi connectivity index (χ0n) is 18.1. The van der Waals surface area contributed by atoms with Gasteiger partial charge < -0.3 is 15.0 Å². The van der Waals surface area contributed by atoms with Gasteiger partial charge in [0.25, 0.3) is 0 Å². The summed E-state index contributed by atoms with van der Waals surface area (Å²) in [5.74, 6) is -0.715. The van der Waals surface area contributed by atoms with Gasteiger partial charge in [0.2, 0.25) is 21.8 Å². The number of carbonyl (C=O) groups excluding carboxylic acids is 2. The van der Waals surface area contributed by atoms with Crippen LogP contribution in [0.1, 0.15) is 12.5 Å². The van der Waals surface area contributed by atoms with Crippen molar-refractivity contribution in [2.75, 3.05) is 31.3 Å². The summed E-state index contributed by atoms with van der Waals surface area (Å²) in [6, 6.07) is 10.4. The lowest BCUT2D eigenvalue weighted by Gasteiger charge is -2.31. The molecule has 0 spiro atoms. The maximum atomic E-state index is 13.3. The molecule has 1 N–H and O–H groups in total. The molecule has 0 bridgehead atoms. The Bertz CT molecular complexity index is 1090. The Hall–Kier alpha value is -2.49. The number of hydrogen-bond donors (Lipinski definition) is 1. The molecule has 2 rings (SSSR count). The number of carbonyl (C=O) groups is 2. The second kappa shape index (κ2) is 10.9. The van der Waals surface area contributed by atoms with E-state index in [0.717, 1.165) is 10.6 Å². The number of nitrogens with zero attached hydrogens (tertiary/aromatic N) is 2. The second-order valence-electron chi connectivity index (χ2n) is 6.99. The van der Waals surface area contributed by atoms with Crippen LogP contribution in [0, 0.1) is 0 Å². The molecule has 0 aliphatic carbocycles. The minimum Gasteiger partial charge on any atom is -0.495 e. The molecule has 2 aromatic rings. The molecule has 1 unspecified atom stereocenters. The standard InChI is InChI=1S/C21H25Cl2N3O5S/c1-14(21(28)24-2)25(12-15-9-10-16(22)11-17(15)23)20(27)13-26(32(4,29)30)18-7-5-6-8-19(18)31-3/h5-11,14H,12-13H2,1-4H3,(H,24,28). The predicted octanol–water partition coefficient (Wildman–Crippen LogP) is 2.93. The molecule has 1 atom stereocenters. The van der Waals surface area contributed by atoms with Gasteiger partial charge in [0.15, 0.2) is 0 Å². The molecule has 0 saturated carbocycles. The van der Waals surface area contributed by atoms with Gasteiger partial charge in [0, 0.05) is 23.6 Å². The van der Waals surface area contributed by atoms with E-state index in [1.807, 2.05) is 0 Å². The number of methoxy groups -OCH3 is 1. The van der Waals surface area contributed by atoms with Gasteiger partial charge in [-0.25, -0.2) is 8.42 Å². The molecule has 0 radical (unpaired) electrons. The molecular formula is C21H25Cl2N3O5S. The number of ether oxygens (including phenoxy) is 1. The molecule has 0 aliphatic heterocycles. The SMILES string of the molecule is CNC(=O)C(C)N(Cc1ccc(Cl)cc1Cl)C(=O)CN(c1ccccc1OC)S(C)(=O)=O. The number of para-hydroxylation sites is 2. The molecular weight excluding hydrogens is 477 g/mol. The Morgan fingerprint density at radius 3 is 2.38 bits per heavy atom. The first-order chi connectivity index (χ1) is 15.0. The molecule has 8 nitrogen and oxygen atoms in total. The topological polar surface area (TPSA) is 96.0 Å². The zero-order chi connectivity index (χ0) is 24.1. The Balaban J connectivity index is 2.45. The van der Waals surface area contributed by atoms with Crippen molar-refractivity contribution in [3.63, 3.8) is 0 Å². The van der Waals surface area contributed by atoms with Crippen LogP contribution in [0.3, 0.4) is 0 Å². The van der Waals surface area contributed by atoms with Crippen molar-refractivity contribution in [3.8, 4) is 5.75 Å². The lowest BCUT2D eigenvalue weighted by molar-refractivity contribution is -0.139. The Morgan fingerprint density at radius 2 is 1.81 bits per heavy atom. The summed E-state index contributed by atoms with van der Waals surface area (Å²) in [5, 5.41) is 3.25. The van der Waals surface area contributed by atoms with E-state index in [1.165, 1.54) is 31.2 Å². The van der Waals surface area contributed by atoms with E-state index >= 15 is 0 Å². The van der Waals surface area contributed by atoms with Crippen molar-refractivity contribution in [1.29, 1.82) is 0 Å². The van der Waals surface area contributed by atoms with Gasteiger partial charge in [-0.3, -0.25) is 13.9 Å². The van der Waals surface area contributed by atoms with Gasteiger partial charge in [-0.15, -0.1) is 0 Å². The molecule has 0 heterocycles. The van der Waals surface area contributed by atoms with E-state index in [2.05, 4.69) is 5.32 Å². The summed E-state index contributed by atoms with van der Waals surface area (Å²) < 4.78 is 31.3. The first kappa shape index (κ1) is 25.8. The normalized spacial score (nSPS) is 12.1. The highest BCUT2D eigenvalue weighted by Gasteiger charge is 2.31. The van der Waals surface area contributed by atoms with E-state index in [4.69, 9.17) is 27.9 Å². The Kier molecular flexibility index (Phi) is 8.77. The number of hydrogen-bond acceptors (Lipinski definition) is 5. The number of anilines is 1. The van der Waals surface area contributed by atoms with Crippen molar-refractivity contribution < 1.29 is 22.7 Å². The van der Waals surface area contributed by atoms with E-state index in [9.17, 15) is 18.0 Å². The maximum Gasteiger partial charge on any atom is 0.244 e. The number of benzene rings is 2. The summed E-state index contributed by atoms with van der Waals surface area (Å²) in [6.07, 6.45) is 0.995. The summed E-state index contributed by atoms with van der Waals surface area (Å²) in [5.41, 5.74) is 0.770. The van der Waals surface area contributed by atoms with Crippen LogP contribution in [0.4, 0.5) is 5.69 Å². The second-order valence-corrected chi connectivity index (χ2v) is 9.74. The van der Waals surface area contributed by atoms with E-state index in [1.54, 1.807) is 37.3 Å². The van der Waals surface area contributed by atoms with Gasteiger partial charge in [0.1, 0.15) is 18.3 Å². The fourth-order valence-electron chi connectivity index (χ4n) is 3.06. The molecule has 2 aromatic carbocycles. The number of rotatable bonds is 9. The quantitative estimate of drug-likeness (QED) is 0.569. The van der Waals surface area contributed by atoms with Gasteiger partial charge >= 0.3 is 0 Å². The lowest BCUT2D eigenvalue weighted by atomic mass is 10.1. The van der Waals surface area contributed by atoms with Crippen LogP contribution in [-0.2, 0) is 26.2 Å². The van der Waals surface area contributed by atoms with Crippen LogP contribution in [0.25, 0.3) is 0 Å². The summed E-state index contributed by atoms with van der Waals surface area (Å²) in [4.78, 5) is 26.9. The summed E-state index contributed by atoms with van der Waals surface area (Å²) in [6.45, 7) is 0.993. The highest BCUT2D eigenvalue weighted by atomic mass is 35.5. The minimum absolute atomic E-state index is 0.0209. The number of amides is 2. The van der Waals surface area contributed by atoms with Gasteiger partial charge in [-0.05, 0) is 36.8 Å². The first-order valence-electron chi connectivity index (χ1n) is 9.55. The highest BCUT2D eigenvalue weighted by Crippen LogP contribution is 2.30. The molecule has 2 amide bonds. The van der Waals surface area contributed by atoms with Gasteiger partial charge in [-0.2, -0.15) is 0 Å². The number of nitrogens with one attached hydrogen (secondary N) is 1. The fraction of sp³-hybridized carbons (Fsp3) is 0.333. The third kappa shape index (κ3) is 6.27. The van der Waals surface area contributed by atoms with Crippen LogP contribution in [0.2, 0.25) is 10.0 Å². The maximum absolute atomic E-state index is 13.3. The Labute approximate surface area is 198 Å². The average molecular weight is 502 g/mol. The number of halogens is 2. The minimum atomic E-state index is -3.86. The van der Waals surface area contributed by atoms with Crippen LogP contribution >= 0.6 is 23.2 Å². The van der Waals surface area contributed by atoms with Crippen molar-refractivity contribution in [3.05, 3.63) is 58.1 Å². The van der Waals surface area contributed by atoms with Crippen molar-refractivity contribution in [2.45, 2.75) is 19.5 Å². The molecule has 174 valence electrons. The largest absolute Gasteiger partial charge is 0.495 e. The van der Waals surface area contributed by atoms with Gasteiger partial charge in [-0.1, -0.05) is 41.4 Å². The third-order valence-corrected chi connectivity index (χ3v) is 6.52. The predicted molar refractivity (Wildman–Crippen MR) is 126 cm³/mol. The van der Waals surface area contributed by atoms with Gasteiger partial charge in [0.05, 0.1) is 19.1 Å². The monoisotopic (exact) mass is 501 g/mol. The van der Waals surface area contributed by atoms with E-state index in [-0.39, 0.29) is 18.0 Å². The van der Waals surface area contributed by atoms with E-state index in [0.29, 0.717) is 15.6 Å². The Morgan fingerprint density at radius 1 is 1.16 bits per heavy atom. The lowest BCUT2D eigenvalue weighted by Crippen LogP contribution is -2.50. The molecule has 0 aliphatic rings. The van der Waals surface area contributed by atoms with Crippen LogP contribution in [0.5, 0.6) is 5.75 Å². The fourth-order valence-corrected chi connectivity index (χ4v) is 4.38. The highest BCUT2D eigenvalue weighted by molar-refractivity contribution is 7.92. The van der Waals surface area contributed by atoms with Crippen LogP contribution in [0.15, 0.2) is 42.5 Å². The van der Waals surface area contributed by atoms with Crippen molar-refractivity contribution in [2.24, 2.45) is 0 Å². The molecule has 0 fully saturated rings. The average Bonchev–Trinajstić information content (AvgIpc) is 2.75. The van der Waals surface area contributed by atoms with Crippen molar-refractivity contribution >= 4 is 50.7 Å². The number of likely N-dealkylation sites (N-methyl/N-ethyl adjacent to an activating group) is 1. The first-order valence-corrected chi connectivity index (χ1v) is 12.2. The third-order valence-electron chi connectivity index (χ3n) is 4.80. The van der Waals surface area contributed by atoms with Crippen molar-refractivity contribution in [1.82, 2.24) is 10.2 Å².